The Morgan fingerprint density at radius 2 is 1.83 bits per heavy atom. The van der Waals surface area contributed by atoms with E-state index in [4.69, 9.17) is 9.15 Å². The number of hydrogen-bond donors (Lipinski definition) is 4. The molecule has 18 heavy (non-hydrogen) atoms. The Balaban J connectivity index is 2.34. The van der Waals surface area contributed by atoms with Gasteiger partial charge in [-0.25, -0.2) is 0 Å². The number of furan rings is 1. The van der Waals surface area contributed by atoms with Crippen molar-refractivity contribution in [2.45, 2.75) is 0 Å². The average Bonchev–Trinajstić information content (AvgIpc) is 2.84. The molecule has 0 aliphatic rings. The molecule has 0 saturated heterocycles. The minimum absolute atomic E-state index is 0.0290. The van der Waals surface area contributed by atoms with Crippen molar-refractivity contribution in [2.75, 3.05) is 0 Å². The van der Waals surface area contributed by atoms with Gasteiger partial charge in [-0.05, 0) is 18.2 Å². The molecule has 94 valence electrons. The van der Waals surface area contributed by atoms with Crippen LogP contribution >= 0.6 is 0 Å². The van der Waals surface area contributed by atoms with E-state index in [-0.39, 0.29) is 11.5 Å². The second-order valence-corrected chi connectivity index (χ2v) is 3.36. The SMILES string of the molecule is OC(Oc1ccco1)=C(O)c1cccc(O)c1O. The lowest BCUT2D eigenvalue weighted by molar-refractivity contribution is 0.166. The van der Waals surface area contributed by atoms with Gasteiger partial charge in [0.05, 0.1) is 11.8 Å². The molecule has 0 aliphatic heterocycles. The van der Waals surface area contributed by atoms with Crippen LogP contribution in [0.3, 0.4) is 0 Å². The first-order chi connectivity index (χ1) is 8.59. The van der Waals surface area contributed by atoms with Gasteiger partial charge in [0.15, 0.2) is 11.5 Å². The number of rotatable bonds is 3. The highest BCUT2D eigenvalue weighted by atomic mass is 16.7. The minimum atomic E-state index is -0.856. The molecule has 0 fully saturated rings. The van der Waals surface area contributed by atoms with Gasteiger partial charge in [-0.3, -0.25) is 0 Å². The maximum absolute atomic E-state index is 9.68. The quantitative estimate of drug-likeness (QED) is 0.493. The largest absolute Gasteiger partial charge is 0.504 e. The number of phenols is 2. The van der Waals surface area contributed by atoms with E-state index in [1.807, 2.05) is 0 Å². The van der Waals surface area contributed by atoms with Crippen molar-refractivity contribution >= 4 is 5.76 Å². The van der Waals surface area contributed by atoms with Gasteiger partial charge in [0.25, 0.3) is 5.95 Å². The first-order valence-electron chi connectivity index (χ1n) is 4.94. The number of aromatic hydroxyl groups is 2. The van der Waals surface area contributed by atoms with Gasteiger partial charge < -0.3 is 29.6 Å². The van der Waals surface area contributed by atoms with E-state index in [0.717, 1.165) is 0 Å². The Hall–Kier alpha value is -2.76. The summed E-state index contributed by atoms with van der Waals surface area (Å²) in [6, 6.07) is 6.88. The molecule has 6 nitrogen and oxygen atoms in total. The summed E-state index contributed by atoms with van der Waals surface area (Å²) >= 11 is 0. The monoisotopic (exact) mass is 250 g/mol. The van der Waals surface area contributed by atoms with Gasteiger partial charge in [0.1, 0.15) is 0 Å². The number of phenolic OH excluding ortho intramolecular Hbond substituents is 2. The maximum atomic E-state index is 9.68. The number of para-hydroxylation sites is 1. The highest BCUT2D eigenvalue weighted by Crippen LogP contribution is 2.33. The van der Waals surface area contributed by atoms with Crippen LogP contribution in [0.25, 0.3) is 5.76 Å². The molecule has 1 aromatic carbocycles. The summed E-state index contributed by atoms with van der Waals surface area (Å²) in [6.45, 7) is 0. The fourth-order valence-corrected chi connectivity index (χ4v) is 1.30. The molecular formula is C12H10O6. The van der Waals surface area contributed by atoms with Crippen LogP contribution in [0.15, 0.2) is 47.0 Å². The van der Waals surface area contributed by atoms with Crippen LogP contribution in [0.4, 0.5) is 0 Å². The fraction of sp³-hybridized carbons (Fsp3) is 0. The number of hydrogen-bond acceptors (Lipinski definition) is 6. The van der Waals surface area contributed by atoms with E-state index in [0.29, 0.717) is 0 Å². The molecule has 1 aromatic heterocycles. The molecule has 0 spiro atoms. The fourth-order valence-electron chi connectivity index (χ4n) is 1.30. The summed E-state index contributed by atoms with van der Waals surface area (Å²) in [6.07, 6.45) is 1.32. The third kappa shape index (κ3) is 2.17. The second-order valence-electron chi connectivity index (χ2n) is 3.36. The van der Waals surface area contributed by atoms with Gasteiger partial charge in [-0.2, -0.15) is 0 Å². The summed E-state index contributed by atoms with van der Waals surface area (Å²) in [7, 11) is 0. The molecule has 6 heteroatoms. The average molecular weight is 250 g/mol. The van der Waals surface area contributed by atoms with Crippen molar-refractivity contribution < 1.29 is 29.6 Å². The summed E-state index contributed by atoms with van der Waals surface area (Å²) in [5.74, 6) is -2.60. The second kappa shape index (κ2) is 4.62. The van der Waals surface area contributed by atoms with Gasteiger partial charge in [-0.1, -0.05) is 6.07 Å². The third-order valence-corrected chi connectivity index (χ3v) is 2.16. The van der Waals surface area contributed by atoms with Crippen LogP contribution in [-0.2, 0) is 0 Å². The van der Waals surface area contributed by atoms with Crippen LogP contribution in [0.2, 0.25) is 0 Å². The maximum Gasteiger partial charge on any atom is 0.329 e. The smallest absolute Gasteiger partial charge is 0.329 e. The van der Waals surface area contributed by atoms with Crippen molar-refractivity contribution in [1.82, 2.24) is 0 Å². The van der Waals surface area contributed by atoms with Crippen molar-refractivity contribution in [3.8, 4) is 17.4 Å². The Morgan fingerprint density at radius 1 is 1.06 bits per heavy atom. The first kappa shape index (κ1) is 11.7. The van der Waals surface area contributed by atoms with Crippen LogP contribution in [-0.4, -0.2) is 20.4 Å². The zero-order chi connectivity index (χ0) is 13.1. The predicted octanol–water partition coefficient (Wildman–Crippen LogP) is 2.51. The number of aliphatic hydroxyl groups is 2. The first-order valence-corrected chi connectivity index (χ1v) is 4.94. The summed E-state index contributed by atoms with van der Waals surface area (Å²) in [4.78, 5) is 0. The molecule has 4 N–H and O–H groups in total. The molecule has 2 aromatic rings. The Bertz CT molecular complexity index is 570. The Morgan fingerprint density at radius 3 is 2.50 bits per heavy atom. The highest BCUT2D eigenvalue weighted by molar-refractivity contribution is 5.67. The van der Waals surface area contributed by atoms with Gasteiger partial charge >= 0.3 is 5.95 Å². The van der Waals surface area contributed by atoms with Gasteiger partial charge in [0, 0.05) is 6.07 Å². The summed E-state index contributed by atoms with van der Waals surface area (Å²) in [5, 5.41) is 38.0. The summed E-state index contributed by atoms with van der Waals surface area (Å²) in [5.41, 5.74) is -0.168. The molecule has 0 amide bonds. The molecule has 0 saturated carbocycles. The van der Waals surface area contributed by atoms with E-state index in [9.17, 15) is 20.4 Å². The zero-order valence-electron chi connectivity index (χ0n) is 9.07. The lowest BCUT2D eigenvalue weighted by Crippen LogP contribution is -1.98. The van der Waals surface area contributed by atoms with Crippen molar-refractivity contribution in [3.05, 3.63) is 48.1 Å². The third-order valence-electron chi connectivity index (χ3n) is 2.16. The van der Waals surface area contributed by atoms with Crippen LogP contribution in [0, 0.1) is 0 Å². The van der Waals surface area contributed by atoms with E-state index in [1.165, 1.54) is 36.6 Å². The van der Waals surface area contributed by atoms with Crippen molar-refractivity contribution in [3.63, 3.8) is 0 Å². The molecule has 1 heterocycles. The lowest BCUT2D eigenvalue weighted by Gasteiger charge is -2.07. The number of ether oxygens (including phenoxy) is 1. The van der Waals surface area contributed by atoms with Crippen LogP contribution in [0.1, 0.15) is 5.56 Å². The van der Waals surface area contributed by atoms with E-state index < -0.39 is 23.2 Å². The molecular weight excluding hydrogens is 240 g/mol. The van der Waals surface area contributed by atoms with Crippen molar-refractivity contribution in [2.24, 2.45) is 0 Å². The standard InChI is InChI=1S/C12H10O6/c13-8-4-1-3-7(10(8)14)11(15)12(16)18-9-5-2-6-17-9/h1-6,13-16H. The lowest BCUT2D eigenvalue weighted by atomic mass is 10.1. The number of benzene rings is 1. The Labute approximate surface area is 102 Å². The van der Waals surface area contributed by atoms with E-state index in [2.05, 4.69) is 0 Å². The summed E-state index contributed by atoms with van der Waals surface area (Å²) < 4.78 is 9.60. The molecule has 0 atom stereocenters. The Kier molecular flexibility index (Phi) is 3.01. The zero-order valence-corrected chi connectivity index (χ0v) is 9.07. The molecule has 0 radical (unpaired) electrons. The highest BCUT2D eigenvalue weighted by Gasteiger charge is 2.16. The topological polar surface area (TPSA) is 103 Å². The van der Waals surface area contributed by atoms with E-state index in [1.54, 1.807) is 0 Å². The molecule has 0 bridgehead atoms. The molecule has 0 aliphatic carbocycles. The van der Waals surface area contributed by atoms with Gasteiger partial charge in [0.2, 0.25) is 5.76 Å². The van der Waals surface area contributed by atoms with Crippen LogP contribution < -0.4 is 4.74 Å². The molecule has 2 rings (SSSR count). The number of aliphatic hydroxyl groups excluding tert-OH is 2. The predicted molar refractivity (Wildman–Crippen MR) is 61.3 cm³/mol. The van der Waals surface area contributed by atoms with Crippen molar-refractivity contribution in [1.29, 1.82) is 0 Å². The minimum Gasteiger partial charge on any atom is -0.504 e. The van der Waals surface area contributed by atoms with Crippen LogP contribution in [0.5, 0.6) is 17.4 Å². The normalized spacial score (nSPS) is 12.0. The molecule has 0 unspecified atom stereocenters. The van der Waals surface area contributed by atoms with E-state index >= 15 is 0 Å². The van der Waals surface area contributed by atoms with Gasteiger partial charge in [-0.15, -0.1) is 0 Å².